The number of para-hydroxylation sites is 1. The second-order valence-corrected chi connectivity index (χ2v) is 7.62. The van der Waals surface area contributed by atoms with Crippen molar-refractivity contribution in [1.82, 2.24) is 9.55 Å². The minimum Gasteiger partial charge on any atom is -0.468 e. The molecule has 31 heavy (non-hydrogen) atoms. The van der Waals surface area contributed by atoms with Crippen LogP contribution in [0.5, 0.6) is 0 Å². The first-order valence-corrected chi connectivity index (χ1v) is 10.4. The van der Waals surface area contributed by atoms with Crippen LogP contribution < -0.4 is 4.80 Å². The number of hydrogen-bond acceptors (Lipinski definition) is 6. The van der Waals surface area contributed by atoms with E-state index >= 15 is 0 Å². The Morgan fingerprint density at radius 2 is 1.97 bits per heavy atom. The van der Waals surface area contributed by atoms with Gasteiger partial charge in [0.25, 0.3) is 5.91 Å². The van der Waals surface area contributed by atoms with Crippen LogP contribution >= 0.6 is 11.3 Å². The van der Waals surface area contributed by atoms with E-state index in [1.165, 1.54) is 18.4 Å². The third-order valence-corrected chi connectivity index (χ3v) is 5.77. The van der Waals surface area contributed by atoms with Crippen molar-refractivity contribution >= 4 is 50.3 Å². The summed E-state index contributed by atoms with van der Waals surface area (Å²) in [4.78, 5) is 44.7. The standard InChI is InChI=1S/C22H19N3O5S/c1-3-30-21(28)13-8-9-17-18(10-13)31-22(25(17)12-19(26)29-2)24-20(27)15-11-23-16-7-5-4-6-14(15)16/h4-11,23H,3,12H2,1-2H3. The fourth-order valence-corrected chi connectivity index (χ4v) is 4.31. The number of fused-ring (bicyclic) bond motifs is 2. The maximum Gasteiger partial charge on any atom is 0.338 e. The Bertz CT molecular complexity index is 1380. The minimum absolute atomic E-state index is 0.116. The molecule has 0 saturated heterocycles. The summed E-state index contributed by atoms with van der Waals surface area (Å²) in [5.74, 6) is -1.35. The number of carbonyl (C=O) groups excluding carboxylic acids is 3. The fourth-order valence-electron chi connectivity index (χ4n) is 3.24. The third-order valence-electron chi connectivity index (χ3n) is 4.73. The van der Waals surface area contributed by atoms with Gasteiger partial charge in [-0.2, -0.15) is 4.99 Å². The topological polar surface area (TPSA) is 103 Å². The zero-order chi connectivity index (χ0) is 22.0. The first-order valence-electron chi connectivity index (χ1n) is 9.54. The van der Waals surface area contributed by atoms with Gasteiger partial charge in [-0.3, -0.25) is 9.59 Å². The molecule has 1 N–H and O–H groups in total. The van der Waals surface area contributed by atoms with Gasteiger partial charge in [-0.25, -0.2) is 4.79 Å². The molecule has 4 rings (SSSR count). The highest BCUT2D eigenvalue weighted by Crippen LogP contribution is 2.21. The lowest BCUT2D eigenvalue weighted by Crippen LogP contribution is -2.22. The van der Waals surface area contributed by atoms with E-state index in [2.05, 4.69) is 9.98 Å². The van der Waals surface area contributed by atoms with Crippen molar-refractivity contribution in [3.8, 4) is 0 Å². The number of amides is 1. The molecule has 158 valence electrons. The number of thiazole rings is 1. The first kappa shape index (κ1) is 20.5. The van der Waals surface area contributed by atoms with Gasteiger partial charge in [-0.05, 0) is 31.2 Å². The molecule has 0 spiro atoms. The van der Waals surface area contributed by atoms with E-state index in [1.54, 1.807) is 35.9 Å². The molecule has 2 heterocycles. The molecular weight excluding hydrogens is 418 g/mol. The van der Waals surface area contributed by atoms with Gasteiger partial charge in [-0.15, -0.1) is 0 Å². The van der Waals surface area contributed by atoms with Crippen LogP contribution in [-0.4, -0.2) is 41.1 Å². The van der Waals surface area contributed by atoms with Crippen LogP contribution in [0.2, 0.25) is 0 Å². The van der Waals surface area contributed by atoms with Crippen LogP contribution in [-0.2, 0) is 20.8 Å². The molecule has 0 unspecified atom stereocenters. The number of esters is 2. The predicted octanol–water partition coefficient (Wildman–Crippen LogP) is 3.27. The summed E-state index contributed by atoms with van der Waals surface area (Å²) in [5, 5.41) is 0.765. The summed E-state index contributed by atoms with van der Waals surface area (Å²) in [7, 11) is 1.30. The molecule has 0 saturated carbocycles. The summed E-state index contributed by atoms with van der Waals surface area (Å²) in [6.07, 6.45) is 1.62. The van der Waals surface area contributed by atoms with Gasteiger partial charge in [0.1, 0.15) is 6.54 Å². The van der Waals surface area contributed by atoms with E-state index in [4.69, 9.17) is 9.47 Å². The van der Waals surface area contributed by atoms with Crippen LogP contribution in [0.4, 0.5) is 0 Å². The summed E-state index contributed by atoms with van der Waals surface area (Å²) in [6, 6.07) is 12.4. The molecule has 2 aromatic carbocycles. The van der Waals surface area contributed by atoms with Crippen LogP contribution in [0.1, 0.15) is 27.6 Å². The van der Waals surface area contributed by atoms with E-state index in [0.29, 0.717) is 26.1 Å². The van der Waals surface area contributed by atoms with E-state index in [1.807, 2.05) is 24.3 Å². The highest BCUT2D eigenvalue weighted by atomic mass is 32.1. The van der Waals surface area contributed by atoms with Gasteiger partial charge in [0.05, 0.1) is 35.1 Å². The van der Waals surface area contributed by atoms with E-state index in [0.717, 1.165) is 10.9 Å². The minimum atomic E-state index is -0.477. The van der Waals surface area contributed by atoms with Gasteiger partial charge in [-0.1, -0.05) is 29.5 Å². The number of aromatic amines is 1. The Balaban J connectivity index is 1.84. The van der Waals surface area contributed by atoms with Crippen molar-refractivity contribution in [3.05, 3.63) is 64.6 Å². The summed E-state index contributed by atoms with van der Waals surface area (Å²) >= 11 is 1.21. The number of nitrogens with zero attached hydrogens (tertiary/aromatic N) is 2. The number of rotatable bonds is 5. The van der Waals surface area contributed by atoms with Crippen molar-refractivity contribution in [2.24, 2.45) is 4.99 Å². The quantitative estimate of drug-likeness (QED) is 0.483. The SMILES string of the molecule is CCOC(=O)c1ccc2c(c1)sc(=NC(=O)c1c[nH]c3ccccc13)n2CC(=O)OC. The van der Waals surface area contributed by atoms with Crippen molar-refractivity contribution in [2.45, 2.75) is 13.5 Å². The highest BCUT2D eigenvalue weighted by Gasteiger charge is 2.16. The lowest BCUT2D eigenvalue weighted by molar-refractivity contribution is -0.141. The Labute approximate surface area is 180 Å². The molecule has 0 aliphatic carbocycles. The summed E-state index contributed by atoms with van der Waals surface area (Å²) in [6.45, 7) is 1.89. The van der Waals surface area contributed by atoms with Crippen molar-refractivity contribution in [1.29, 1.82) is 0 Å². The molecule has 0 radical (unpaired) electrons. The lowest BCUT2D eigenvalue weighted by Gasteiger charge is -2.05. The Morgan fingerprint density at radius 3 is 2.74 bits per heavy atom. The van der Waals surface area contributed by atoms with E-state index in [-0.39, 0.29) is 13.2 Å². The summed E-state index contributed by atoms with van der Waals surface area (Å²) in [5.41, 5.74) is 2.31. The molecule has 0 aliphatic rings. The van der Waals surface area contributed by atoms with Crippen molar-refractivity contribution in [2.75, 3.05) is 13.7 Å². The van der Waals surface area contributed by atoms with Crippen LogP contribution in [0.15, 0.2) is 53.7 Å². The predicted molar refractivity (Wildman–Crippen MR) is 116 cm³/mol. The number of ether oxygens (including phenoxy) is 2. The average molecular weight is 437 g/mol. The molecule has 4 aromatic rings. The zero-order valence-corrected chi connectivity index (χ0v) is 17.7. The fraction of sp³-hybridized carbons (Fsp3) is 0.182. The van der Waals surface area contributed by atoms with Crippen LogP contribution in [0.3, 0.4) is 0 Å². The molecule has 0 fully saturated rings. The van der Waals surface area contributed by atoms with Gasteiger partial charge in [0, 0.05) is 17.1 Å². The molecule has 0 atom stereocenters. The Hall–Kier alpha value is -3.72. The van der Waals surface area contributed by atoms with Crippen molar-refractivity contribution in [3.63, 3.8) is 0 Å². The average Bonchev–Trinajstić information content (AvgIpc) is 3.35. The summed E-state index contributed by atoms with van der Waals surface area (Å²) < 4.78 is 12.1. The van der Waals surface area contributed by atoms with Gasteiger partial charge in [0.2, 0.25) is 0 Å². The van der Waals surface area contributed by atoms with Crippen LogP contribution in [0, 0.1) is 0 Å². The number of H-pyrrole nitrogens is 1. The maximum atomic E-state index is 13.0. The molecular formula is C22H19N3O5S. The number of hydrogen-bond donors (Lipinski definition) is 1. The smallest absolute Gasteiger partial charge is 0.338 e. The second-order valence-electron chi connectivity index (χ2n) is 6.61. The molecule has 0 bridgehead atoms. The van der Waals surface area contributed by atoms with Gasteiger partial charge < -0.3 is 19.0 Å². The van der Waals surface area contributed by atoms with E-state index in [9.17, 15) is 14.4 Å². The Kier molecular flexibility index (Phi) is 5.68. The lowest BCUT2D eigenvalue weighted by atomic mass is 10.2. The monoisotopic (exact) mass is 437 g/mol. The zero-order valence-electron chi connectivity index (χ0n) is 16.9. The van der Waals surface area contributed by atoms with E-state index < -0.39 is 17.8 Å². The molecule has 1 amide bonds. The second kappa shape index (κ2) is 8.57. The number of nitrogens with one attached hydrogen (secondary N) is 1. The first-order chi connectivity index (χ1) is 15.0. The highest BCUT2D eigenvalue weighted by molar-refractivity contribution is 7.16. The van der Waals surface area contributed by atoms with Crippen LogP contribution in [0.25, 0.3) is 21.1 Å². The van der Waals surface area contributed by atoms with Gasteiger partial charge >= 0.3 is 11.9 Å². The Morgan fingerprint density at radius 1 is 1.16 bits per heavy atom. The molecule has 8 nitrogen and oxygen atoms in total. The van der Waals surface area contributed by atoms with Gasteiger partial charge in [0.15, 0.2) is 4.80 Å². The molecule has 2 aromatic heterocycles. The largest absolute Gasteiger partial charge is 0.468 e. The molecule has 0 aliphatic heterocycles. The normalized spacial score (nSPS) is 11.7. The van der Waals surface area contributed by atoms with Crippen molar-refractivity contribution < 1.29 is 23.9 Å². The maximum absolute atomic E-state index is 13.0. The molecule has 9 heteroatoms. The third kappa shape index (κ3) is 3.99. The number of methoxy groups -OCH3 is 1. The number of aromatic nitrogens is 2. The number of benzene rings is 2. The number of carbonyl (C=O) groups is 3.